The Morgan fingerprint density at radius 1 is 1.00 bits per heavy atom. The summed E-state index contributed by atoms with van der Waals surface area (Å²) in [6.45, 7) is 0.387. The second kappa shape index (κ2) is 10.8. The average molecular weight is 438 g/mol. The zero-order chi connectivity index (χ0) is 22.1. The summed E-state index contributed by atoms with van der Waals surface area (Å²) in [7, 11) is 1.47. The molecule has 0 aliphatic rings. The largest absolute Gasteiger partial charge is 0.495 e. The quantitative estimate of drug-likeness (QED) is 0.332. The van der Waals surface area contributed by atoms with Gasteiger partial charge >= 0.3 is 11.8 Å². The zero-order valence-corrected chi connectivity index (χ0v) is 17.4. The average Bonchev–Trinajstić information content (AvgIpc) is 2.79. The molecule has 0 aliphatic carbocycles. The third kappa shape index (κ3) is 6.58. The van der Waals surface area contributed by atoms with Gasteiger partial charge in [-0.25, -0.2) is 5.43 Å². The number of hydrogen-bond acceptors (Lipinski definition) is 5. The van der Waals surface area contributed by atoms with Crippen LogP contribution in [-0.2, 0) is 16.2 Å². The van der Waals surface area contributed by atoms with Crippen molar-refractivity contribution in [2.24, 2.45) is 5.10 Å². The first-order valence-electron chi connectivity index (χ1n) is 9.30. The summed E-state index contributed by atoms with van der Waals surface area (Å²) in [6.07, 6.45) is 1.42. The molecule has 3 aromatic carbocycles. The van der Waals surface area contributed by atoms with Gasteiger partial charge in [0.15, 0.2) is 0 Å². The van der Waals surface area contributed by atoms with Crippen LogP contribution in [0.4, 0.5) is 5.69 Å². The standard InChI is InChI=1S/C23H20ClN3O4/c1-30-21-8-3-2-7-20(21)26-22(28)23(29)27-25-14-17-5-4-6-19(13-17)31-15-16-9-11-18(24)12-10-16/h2-14H,15H2,1H3,(H,26,28)(H,27,29)/b25-14+. The molecule has 0 heterocycles. The van der Waals surface area contributed by atoms with E-state index in [-0.39, 0.29) is 0 Å². The highest BCUT2D eigenvalue weighted by Gasteiger charge is 2.14. The van der Waals surface area contributed by atoms with Crippen LogP contribution in [0.15, 0.2) is 77.9 Å². The molecule has 2 amide bonds. The fourth-order valence-electron chi connectivity index (χ4n) is 2.58. The van der Waals surface area contributed by atoms with Crippen molar-refractivity contribution < 1.29 is 19.1 Å². The molecular weight excluding hydrogens is 418 g/mol. The maximum atomic E-state index is 12.0. The van der Waals surface area contributed by atoms with E-state index >= 15 is 0 Å². The monoisotopic (exact) mass is 437 g/mol. The number of para-hydroxylation sites is 2. The summed E-state index contributed by atoms with van der Waals surface area (Å²) in [4.78, 5) is 24.0. The minimum absolute atomic E-state index is 0.387. The summed E-state index contributed by atoms with van der Waals surface area (Å²) >= 11 is 5.88. The molecule has 3 aromatic rings. The lowest BCUT2D eigenvalue weighted by molar-refractivity contribution is -0.136. The minimum atomic E-state index is -0.905. The van der Waals surface area contributed by atoms with Gasteiger partial charge in [0.25, 0.3) is 0 Å². The molecule has 0 spiro atoms. The predicted octanol–water partition coefficient (Wildman–Crippen LogP) is 4.02. The van der Waals surface area contributed by atoms with Crippen molar-refractivity contribution in [1.82, 2.24) is 5.43 Å². The lowest BCUT2D eigenvalue weighted by atomic mass is 10.2. The Morgan fingerprint density at radius 2 is 1.77 bits per heavy atom. The first-order chi connectivity index (χ1) is 15.0. The number of rotatable bonds is 7. The van der Waals surface area contributed by atoms with Crippen molar-refractivity contribution in [1.29, 1.82) is 0 Å². The number of nitrogens with one attached hydrogen (secondary N) is 2. The molecular formula is C23H20ClN3O4. The minimum Gasteiger partial charge on any atom is -0.495 e. The van der Waals surface area contributed by atoms with Crippen molar-refractivity contribution in [3.8, 4) is 11.5 Å². The van der Waals surface area contributed by atoms with Gasteiger partial charge < -0.3 is 14.8 Å². The number of anilines is 1. The molecule has 0 atom stereocenters. The number of benzene rings is 3. The Labute approximate surface area is 184 Å². The van der Waals surface area contributed by atoms with Crippen LogP contribution >= 0.6 is 11.6 Å². The van der Waals surface area contributed by atoms with Crippen molar-refractivity contribution in [3.05, 3.63) is 88.9 Å². The van der Waals surface area contributed by atoms with Crippen LogP contribution in [0.25, 0.3) is 0 Å². The SMILES string of the molecule is COc1ccccc1NC(=O)C(=O)N/N=C/c1cccc(OCc2ccc(Cl)cc2)c1. The maximum Gasteiger partial charge on any atom is 0.329 e. The summed E-state index contributed by atoms with van der Waals surface area (Å²) in [5, 5.41) is 6.97. The summed E-state index contributed by atoms with van der Waals surface area (Å²) in [6, 6.07) is 21.3. The van der Waals surface area contributed by atoms with E-state index in [0.29, 0.717) is 34.4 Å². The zero-order valence-electron chi connectivity index (χ0n) is 16.7. The Morgan fingerprint density at radius 3 is 2.55 bits per heavy atom. The van der Waals surface area contributed by atoms with Crippen LogP contribution in [0.3, 0.4) is 0 Å². The molecule has 0 saturated heterocycles. The molecule has 0 fully saturated rings. The van der Waals surface area contributed by atoms with Gasteiger partial charge in [0, 0.05) is 5.02 Å². The summed E-state index contributed by atoms with van der Waals surface area (Å²) < 4.78 is 10.9. The van der Waals surface area contributed by atoms with Gasteiger partial charge in [-0.2, -0.15) is 5.10 Å². The molecule has 2 N–H and O–H groups in total. The van der Waals surface area contributed by atoms with E-state index in [1.54, 1.807) is 54.6 Å². The van der Waals surface area contributed by atoms with Crippen LogP contribution in [0.1, 0.15) is 11.1 Å². The van der Waals surface area contributed by atoms with E-state index in [0.717, 1.165) is 5.56 Å². The van der Waals surface area contributed by atoms with Gasteiger partial charge in [0.1, 0.15) is 18.1 Å². The number of hydrazone groups is 1. The predicted molar refractivity (Wildman–Crippen MR) is 120 cm³/mol. The van der Waals surface area contributed by atoms with Crippen molar-refractivity contribution in [2.75, 3.05) is 12.4 Å². The number of ether oxygens (including phenoxy) is 2. The Bertz CT molecular complexity index is 1080. The smallest absolute Gasteiger partial charge is 0.329 e. The molecule has 7 nitrogen and oxygen atoms in total. The molecule has 31 heavy (non-hydrogen) atoms. The fraction of sp³-hybridized carbons (Fsp3) is 0.0870. The van der Waals surface area contributed by atoms with Crippen LogP contribution in [0, 0.1) is 0 Å². The first-order valence-corrected chi connectivity index (χ1v) is 9.67. The molecule has 3 rings (SSSR count). The molecule has 0 aromatic heterocycles. The normalized spacial score (nSPS) is 10.5. The van der Waals surface area contributed by atoms with Crippen LogP contribution in [0.2, 0.25) is 5.02 Å². The van der Waals surface area contributed by atoms with E-state index in [1.807, 2.05) is 18.2 Å². The highest BCUT2D eigenvalue weighted by molar-refractivity contribution is 6.39. The van der Waals surface area contributed by atoms with Crippen molar-refractivity contribution in [3.63, 3.8) is 0 Å². The topological polar surface area (TPSA) is 89.0 Å². The van der Waals surface area contributed by atoms with Crippen LogP contribution < -0.4 is 20.2 Å². The van der Waals surface area contributed by atoms with Gasteiger partial charge in [-0.1, -0.05) is 48.0 Å². The maximum absolute atomic E-state index is 12.0. The Hall–Kier alpha value is -3.84. The number of carbonyl (C=O) groups is 2. The number of halogens is 1. The van der Waals surface area contributed by atoms with Gasteiger partial charge in [0.05, 0.1) is 19.0 Å². The lowest BCUT2D eigenvalue weighted by Gasteiger charge is -2.08. The molecule has 0 aliphatic heterocycles. The van der Waals surface area contributed by atoms with E-state index < -0.39 is 11.8 Å². The number of carbonyl (C=O) groups excluding carboxylic acids is 2. The fourth-order valence-corrected chi connectivity index (χ4v) is 2.70. The van der Waals surface area contributed by atoms with Gasteiger partial charge in [-0.05, 0) is 47.5 Å². The second-order valence-corrected chi connectivity index (χ2v) is 6.78. The number of amides is 2. The molecule has 0 bridgehead atoms. The van der Waals surface area contributed by atoms with Crippen LogP contribution in [-0.4, -0.2) is 25.1 Å². The van der Waals surface area contributed by atoms with E-state index in [4.69, 9.17) is 21.1 Å². The van der Waals surface area contributed by atoms with Crippen molar-refractivity contribution >= 4 is 35.3 Å². The first kappa shape index (κ1) is 21.9. The highest BCUT2D eigenvalue weighted by atomic mass is 35.5. The third-order valence-electron chi connectivity index (χ3n) is 4.12. The number of methoxy groups -OCH3 is 1. The molecule has 0 unspecified atom stereocenters. The van der Waals surface area contributed by atoms with Gasteiger partial charge in [-0.3, -0.25) is 9.59 Å². The molecule has 0 saturated carbocycles. The molecule has 0 radical (unpaired) electrons. The van der Waals surface area contributed by atoms with E-state index in [2.05, 4.69) is 15.8 Å². The third-order valence-corrected chi connectivity index (χ3v) is 4.37. The Kier molecular flexibility index (Phi) is 7.61. The van der Waals surface area contributed by atoms with Crippen LogP contribution in [0.5, 0.6) is 11.5 Å². The molecule has 8 heteroatoms. The van der Waals surface area contributed by atoms with Gasteiger partial charge in [-0.15, -0.1) is 0 Å². The lowest BCUT2D eigenvalue weighted by Crippen LogP contribution is -2.32. The Balaban J connectivity index is 1.53. The number of nitrogens with zero attached hydrogens (tertiary/aromatic N) is 1. The number of hydrogen-bond donors (Lipinski definition) is 2. The summed E-state index contributed by atoms with van der Waals surface area (Å²) in [5.41, 5.74) is 4.26. The highest BCUT2D eigenvalue weighted by Crippen LogP contribution is 2.22. The summed E-state index contributed by atoms with van der Waals surface area (Å²) in [5.74, 6) is -0.680. The van der Waals surface area contributed by atoms with Gasteiger partial charge in [0.2, 0.25) is 0 Å². The second-order valence-electron chi connectivity index (χ2n) is 6.34. The van der Waals surface area contributed by atoms with E-state index in [9.17, 15) is 9.59 Å². The van der Waals surface area contributed by atoms with Crippen molar-refractivity contribution in [2.45, 2.75) is 6.61 Å². The molecule has 158 valence electrons. The van der Waals surface area contributed by atoms with E-state index in [1.165, 1.54) is 13.3 Å².